The van der Waals surface area contributed by atoms with Gasteiger partial charge in [-0.25, -0.2) is 4.79 Å². The molecule has 2 saturated heterocycles. The maximum absolute atomic E-state index is 12.7. The number of nitrogens with one attached hydrogen (secondary N) is 2. The second-order valence-electron chi connectivity index (χ2n) is 9.09. The first-order valence-corrected chi connectivity index (χ1v) is 11.4. The summed E-state index contributed by atoms with van der Waals surface area (Å²) in [6.07, 6.45) is 6.06. The van der Waals surface area contributed by atoms with Crippen molar-refractivity contribution in [2.75, 3.05) is 32.8 Å². The average Bonchev–Trinajstić information content (AvgIpc) is 3.30. The van der Waals surface area contributed by atoms with Crippen molar-refractivity contribution in [3.8, 4) is 0 Å². The highest BCUT2D eigenvalue weighted by molar-refractivity contribution is 6.07. The molecule has 9 heteroatoms. The van der Waals surface area contributed by atoms with Crippen LogP contribution in [-0.2, 0) is 14.3 Å². The Morgan fingerprint density at radius 2 is 1.90 bits per heavy atom. The maximum atomic E-state index is 12.7. The molecule has 2 aliphatic carbocycles. The minimum Gasteiger partial charge on any atom is -0.389 e. The van der Waals surface area contributed by atoms with Crippen molar-refractivity contribution in [2.45, 2.75) is 81.5 Å². The summed E-state index contributed by atoms with van der Waals surface area (Å²) in [5.41, 5.74) is -0.694. The molecule has 4 amide bonds. The van der Waals surface area contributed by atoms with Gasteiger partial charge in [-0.1, -0.05) is 12.8 Å². The molecule has 1 spiro atoms. The fourth-order valence-corrected chi connectivity index (χ4v) is 5.50. The molecule has 4 aliphatic rings. The number of aliphatic hydroxyl groups excluding tert-OH is 1. The van der Waals surface area contributed by atoms with Crippen LogP contribution in [0.4, 0.5) is 4.79 Å². The summed E-state index contributed by atoms with van der Waals surface area (Å²) in [6, 6.07) is -0.530. The van der Waals surface area contributed by atoms with Gasteiger partial charge in [0.25, 0.3) is 5.91 Å². The van der Waals surface area contributed by atoms with Crippen molar-refractivity contribution < 1.29 is 24.2 Å². The van der Waals surface area contributed by atoms with E-state index in [0.717, 1.165) is 45.2 Å². The molecule has 4 rings (SSSR count). The lowest BCUT2D eigenvalue weighted by atomic mass is 9.86. The molecular weight excluding hydrogens is 388 g/mol. The Kier molecular flexibility index (Phi) is 6.60. The van der Waals surface area contributed by atoms with Crippen molar-refractivity contribution in [1.29, 1.82) is 0 Å². The van der Waals surface area contributed by atoms with Crippen LogP contribution < -0.4 is 10.6 Å². The minimum absolute atomic E-state index is 0.0569. The Bertz CT molecular complexity index is 660. The molecule has 0 bridgehead atoms. The number of hydrogen-bond donors (Lipinski definition) is 3. The summed E-state index contributed by atoms with van der Waals surface area (Å²) in [7, 11) is 0. The van der Waals surface area contributed by atoms with Gasteiger partial charge < -0.3 is 20.5 Å². The van der Waals surface area contributed by atoms with Crippen LogP contribution in [0.5, 0.6) is 0 Å². The number of morpholine rings is 1. The Balaban J connectivity index is 1.23. The van der Waals surface area contributed by atoms with Crippen molar-refractivity contribution in [3.05, 3.63) is 0 Å². The number of urea groups is 1. The molecule has 3 N–H and O–H groups in total. The molecule has 30 heavy (non-hydrogen) atoms. The van der Waals surface area contributed by atoms with E-state index >= 15 is 0 Å². The first-order chi connectivity index (χ1) is 14.5. The van der Waals surface area contributed by atoms with Crippen LogP contribution in [0.2, 0.25) is 0 Å². The quantitative estimate of drug-likeness (QED) is 0.533. The highest BCUT2D eigenvalue weighted by Crippen LogP contribution is 2.35. The zero-order valence-electron chi connectivity index (χ0n) is 17.6. The summed E-state index contributed by atoms with van der Waals surface area (Å²) >= 11 is 0. The summed E-state index contributed by atoms with van der Waals surface area (Å²) in [4.78, 5) is 40.9. The Labute approximate surface area is 177 Å². The van der Waals surface area contributed by atoms with Gasteiger partial charge in [0.1, 0.15) is 5.54 Å². The smallest absolute Gasteiger partial charge is 0.325 e. The van der Waals surface area contributed by atoms with Gasteiger partial charge in [-0.15, -0.1) is 0 Å². The topological polar surface area (TPSA) is 111 Å². The lowest BCUT2D eigenvalue weighted by Gasteiger charge is -2.43. The molecule has 0 unspecified atom stereocenters. The van der Waals surface area contributed by atoms with E-state index in [1.165, 1.54) is 4.90 Å². The second kappa shape index (κ2) is 9.20. The molecule has 4 fully saturated rings. The first-order valence-electron chi connectivity index (χ1n) is 11.4. The van der Waals surface area contributed by atoms with Gasteiger partial charge in [-0.05, 0) is 38.5 Å². The zero-order chi connectivity index (χ0) is 21.1. The lowest BCUT2D eigenvalue weighted by Crippen LogP contribution is -2.58. The van der Waals surface area contributed by atoms with Crippen molar-refractivity contribution in [3.63, 3.8) is 0 Å². The predicted molar refractivity (Wildman–Crippen MR) is 109 cm³/mol. The first kappa shape index (κ1) is 21.5. The molecule has 0 aromatic carbocycles. The standard InChI is InChI=1S/C21H34N4O5/c26-17(7-4-10-25-19(28)21(23-20(25)29)8-1-2-9-21)22-15-5-3-6-16(18(15)27)24-11-13-30-14-12-24/h15-16,18,27H,1-14H2,(H,22,26)(H,23,29)/t15-,16-,18-/m1/s1. The van der Waals surface area contributed by atoms with E-state index < -0.39 is 11.6 Å². The number of rotatable bonds is 6. The van der Waals surface area contributed by atoms with E-state index in [9.17, 15) is 19.5 Å². The molecule has 9 nitrogen and oxygen atoms in total. The Morgan fingerprint density at radius 3 is 2.63 bits per heavy atom. The summed E-state index contributed by atoms with van der Waals surface area (Å²) in [5, 5.41) is 16.7. The Hall–Kier alpha value is -1.71. The lowest BCUT2D eigenvalue weighted by molar-refractivity contribution is -0.131. The van der Waals surface area contributed by atoms with E-state index in [1.54, 1.807) is 0 Å². The van der Waals surface area contributed by atoms with Crippen LogP contribution in [-0.4, -0.2) is 89.3 Å². The number of ether oxygens (including phenoxy) is 1. The fraction of sp³-hybridized carbons (Fsp3) is 0.857. The second-order valence-corrected chi connectivity index (χ2v) is 9.09. The molecule has 2 heterocycles. The van der Waals surface area contributed by atoms with Gasteiger partial charge in [0.15, 0.2) is 0 Å². The number of amides is 4. The number of carbonyl (C=O) groups is 3. The molecule has 0 radical (unpaired) electrons. The molecule has 0 aromatic rings. The number of nitrogens with zero attached hydrogens (tertiary/aromatic N) is 2. The average molecular weight is 423 g/mol. The molecule has 3 atom stereocenters. The highest BCUT2D eigenvalue weighted by Gasteiger charge is 2.52. The third kappa shape index (κ3) is 4.33. The van der Waals surface area contributed by atoms with E-state index in [2.05, 4.69) is 15.5 Å². The van der Waals surface area contributed by atoms with Crippen LogP contribution in [0.1, 0.15) is 57.8 Å². The number of hydrogen-bond acceptors (Lipinski definition) is 6. The van der Waals surface area contributed by atoms with Crippen LogP contribution in [0.25, 0.3) is 0 Å². The van der Waals surface area contributed by atoms with Crippen LogP contribution in [0.3, 0.4) is 0 Å². The van der Waals surface area contributed by atoms with Gasteiger partial charge in [0.2, 0.25) is 5.91 Å². The molecule has 0 aromatic heterocycles. The third-order valence-electron chi connectivity index (χ3n) is 7.17. The van der Waals surface area contributed by atoms with Gasteiger partial charge >= 0.3 is 6.03 Å². The maximum Gasteiger partial charge on any atom is 0.325 e. The number of imide groups is 1. The summed E-state index contributed by atoms with van der Waals surface area (Å²) in [5.74, 6) is -0.272. The van der Waals surface area contributed by atoms with Crippen molar-refractivity contribution >= 4 is 17.8 Å². The summed E-state index contributed by atoms with van der Waals surface area (Å²) < 4.78 is 5.40. The van der Waals surface area contributed by atoms with E-state index in [4.69, 9.17) is 4.74 Å². The monoisotopic (exact) mass is 422 g/mol. The van der Waals surface area contributed by atoms with Gasteiger partial charge in [-0.3, -0.25) is 19.4 Å². The zero-order valence-corrected chi connectivity index (χ0v) is 17.6. The minimum atomic E-state index is -0.694. The van der Waals surface area contributed by atoms with Crippen molar-refractivity contribution in [1.82, 2.24) is 20.4 Å². The van der Waals surface area contributed by atoms with Gasteiger partial charge in [0, 0.05) is 32.1 Å². The predicted octanol–water partition coefficient (Wildman–Crippen LogP) is 0.362. The SMILES string of the molecule is O=C(CCCN1C(=O)NC2(CCCC2)C1=O)N[C@@H]1CCC[C@@H](N2CCOCC2)[C@@H]1O. The normalized spacial score (nSPS) is 31.9. The van der Waals surface area contributed by atoms with Gasteiger partial charge in [-0.2, -0.15) is 0 Å². The summed E-state index contributed by atoms with van der Waals surface area (Å²) in [6.45, 7) is 3.25. The molecule has 168 valence electrons. The van der Waals surface area contributed by atoms with Gasteiger partial charge in [0.05, 0.1) is 25.4 Å². The van der Waals surface area contributed by atoms with Crippen LogP contribution in [0, 0.1) is 0 Å². The molecular formula is C21H34N4O5. The highest BCUT2D eigenvalue weighted by atomic mass is 16.5. The number of carbonyl (C=O) groups excluding carboxylic acids is 3. The van der Waals surface area contributed by atoms with Crippen LogP contribution >= 0.6 is 0 Å². The Morgan fingerprint density at radius 1 is 1.17 bits per heavy atom. The third-order valence-corrected chi connectivity index (χ3v) is 7.17. The van der Waals surface area contributed by atoms with E-state index in [0.29, 0.717) is 32.5 Å². The van der Waals surface area contributed by atoms with Crippen molar-refractivity contribution in [2.24, 2.45) is 0 Å². The molecule has 2 saturated carbocycles. The fourth-order valence-electron chi connectivity index (χ4n) is 5.50. The van der Waals surface area contributed by atoms with E-state index in [-0.39, 0.29) is 42.9 Å². The molecule has 2 aliphatic heterocycles. The van der Waals surface area contributed by atoms with Crippen LogP contribution in [0.15, 0.2) is 0 Å². The van der Waals surface area contributed by atoms with E-state index in [1.807, 2.05) is 0 Å². The largest absolute Gasteiger partial charge is 0.389 e. The number of aliphatic hydroxyl groups is 1.